The monoisotopic (exact) mass is 330 g/mol. The van der Waals surface area contributed by atoms with Gasteiger partial charge in [0.15, 0.2) is 0 Å². The lowest BCUT2D eigenvalue weighted by atomic mass is 9.87. The maximum atomic E-state index is 10.6. The fraction of sp³-hybridized carbons (Fsp3) is 0.526. The molecule has 1 atom stereocenters. The molecule has 1 aromatic heterocycles. The number of thiazole rings is 1. The van der Waals surface area contributed by atoms with Crippen molar-refractivity contribution in [3.05, 3.63) is 52.0 Å². The number of aromatic nitrogens is 1. The predicted octanol–water partition coefficient (Wildman–Crippen LogP) is 4.21. The zero-order valence-corrected chi connectivity index (χ0v) is 14.8. The second-order valence-electron chi connectivity index (χ2n) is 6.79. The van der Waals surface area contributed by atoms with Crippen molar-refractivity contribution in [1.29, 1.82) is 0 Å². The molecule has 2 aromatic rings. The van der Waals surface area contributed by atoms with Crippen LogP contribution in [-0.2, 0) is 6.54 Å². The SMILES string of the molecule is CC(C)c1ncc(CN2CCC(C(O)c3ccccc3)CC2)s1. The Morgan fingerprint density at radius 1 is 1.22 bits per heavy atom. The van der Waals surface area contributed by atoms with Gasteiger partial charge in [0.1, 0.15) is 0 Å². The molecule has 0 amide bonds. The minimum absolute atomic E-state index is 0.325. The highest BCUT2D eigenvalue weighted by molar-refractivity contribution is 7.11. The predicted molar refractivity (Wildman–Crippen MR) is 95.6 cm³/mol. The molecule has 1 saturated heterocycles. The summed E-state index contributed by atoms with van der Waals surface area (Å²) in [5.41, 5.74) is 1.05. The minimum atomic E-state index is -0.325. The fourth-order valence-electron chi connectivity index (χ4n) is 3.23. The van der Waals surface area contributed by atoms with Crippen LogP contribution in [0.4, 0.5) is 0 Å². The summed E-state index contributed by atoms with van der Waals surface area (Å²) in [5.74, 6) is 0.891. The van der Waals surface area contributed by atoms with Crippen molar-refractivity contribution in [2.24, 2.45) is 5.92 Å². The quantitative estimate of drug-likeness (QED) is 0.892. The summed E-state index contributed by atoms with van der Waals surface area (Å²) in [6.45, 7) is 7.50. The van der Waals surface area contributed by atoms with Gasteiger partial charge >= 0.3 is 0 Å². The van der Waals surface area contributed by atoms with Crippen LogP contribution in [0.5, 0.6) is 0 Å². The Kier molecular flexibility index (Phi) is 5.46. The van der Waals surface area contributed by atoms with Crippen molar-refractivity contribution in [2.45, 2.75) is 45.3 Å². The van der Waals surface area contributed by atoms with E-state index < -0.39 is 0 Å². The topological polar surface area (TPSA) is 36.4 Å². The second kappa shape index (κ2) is 7.56. The zero-order chi connectivity index (χ0) is 16.2. The first-order valence-corrected chi connectivity index (χ1v) is 9.35. The average molecular weight is 330 g/mol. The van der Waals surface area contributed by atoms with Gasteiger partial charge in [0, 0.05) is 23.5 Å². The summed E-state index contributed by atoms with van der Waals surface area (Å²) in [6.07, 6.45) is 3.83. The number of hydrogen-bond acceptors (Lipinski definition) is 4. The van der Waals surface area contributed by atoms with E-state index in [0.717, 1.165) is 38.0 Å². The molecule has 0 saturated carbocycles. The van der Waals surface area contributed by atoms with Crippen molar-refractivity contribution in [3.63, 3.8) is 0 Å². The normalized spacial score (nSPS) is 18.4. The van der Waals surface area contributed by atoms with Gasteiger partial charge in [0.25, 0.3) is 0 Å². The van der Waals surface area contributed by atoms with Gasteiger partial charge < -0.3 is 5.11 Å². The van der Waals surface area contributed by atoms with E-state index in [-0.39, 0.29) is 6.10 Å². The van der Waals surface area contributed by atoms with Gasteiger partial charge in [-0.2, -0.15) is 0 Å². The highest BCUT2D eigenvalue weighted by Crippen LogP contribution is 2.31. The van der Waals surface area contributed by atoms with Crippen LogP contribution < -0.4 is 0 Å². The van der Waals surface area contributed by atoms with Crippen LogP contribution in [0.3, 0.4) is 0 Å². The number of aliphatic hydroxyl groups excluding tert-OH is 1. The largest absolute Gasteiger partial charge is 0.388 e. The smallest absolute Gasteiger partial charge is 0.0953 e. The summed E-state index contributed by atoms with van der Waals surface area (Å²) < 4.78 is 0. The van der Waals surface area contributed by atoms with E-state index in [2.05, 4.69) is 23.7 Å². The molecule has 1 fully saturated rings. The van der Waals surface area contributed by atoms with E-state index >= 15 is 0 Å². The molecular weight excluding hydrogens is 304 g/mol. The number of aliphatic hydroxyl groups is 1. The van der Waals surface area contributed by atoms with E-state index in [1.54, 1.807) is 0 Å². The molecular formula is C19H26N2OS. The van der Waals surface area contributed by atoms with Gasteiger partial charge in [-0.3, -0.25) is 4.90 Å². The zero-order valence-electron chi connectivity index (χ0n) is 14.0. The molecule has 2 heterocycles. The molecule has 4 heteroatoms. The molecule has 0 spiro atoms. The molecule has 1 unspecified atom stereocenters. The molecule has 3 nitrogen and oxygen atoms in total. The summed E-state index contributed by atoms with van der Waals surface area (Å²) in [4.78, 5) is 8.36. The van der Waals surface area contributed by atoms with Gasteiger partial charge in [-0.05, 0) is 37.4 Å². The van der Waals surface area contributed by atoms with Crippen LogP contribution in [0, 0.1) is 5.92 Å². The Bertz CT molecular complexity index is 603. The third kappa shape index (κ3) is 4.19. The molecule has 1 N–H and O–H groups in total. The van der Waals surface area contributed by atoms with E-state index in [9.17, 15) is 5.11 Å². The van der Waals surface area contributed by atoms with Gasteiger partial charge in [-0.1, -0.05) is 44.2 Å². The van der Waals surface area contributed by atoms with E-state index in [1.165, 1.54) is 9.88 Å². The minimum Gasteiger partial charge on any atom is -0.388 e. The van der Waals surface area contributed by atoms with E-state index in [1.807, 2.05) is 47.9 Å². The lowest BCUT2D eigenvalue weighted by Crippen LogP contribution is -2.35. The van der Waals surface area contributed by atoms with Crippen molar-refractivity contribution in [1.82, 2.24) is 9.88 Å². The first-order valence-electron chi connectivity index (χ1n) is 8.53. The number of likely N-dealkylation sites (tertiary alicyclic amines) is 1. The lowest BCUT2D eigenvalue weighted by Gasteiger charge is -2.34. The first kappa shape index (κ1) is 16.6. The standard InChI is InChI=1S/C19H26N2OS/c1-14(2)19-20-12-17(23-19)13-21-10-8-16(9-11-21)18(22)15-6-4-3-5-7-15/h3-7,12,14,16,18,22H,8-11,13H2,1-2H3. The average Bonchev–Trinajstić information content (AvgIpc) is 3.04. The molecule has 23 heavy (non-hydrogen) atoms. The first-order chi connectivity index (χ1) is 11.1. The van der Waals surface area contributed by atoms with E-state index in [0.29, 0.717) is 11.8 Å². The second-order valence-corrected chi connectivity index (χ2v) is 7.94. The Balaban J connectivity index is 1.52. The van der Waals surface area contributed by atoms with Crippen molar-refractivity contribution < 1.29 is 5.11 Å². The maximum absolute atomic E-state index is 10.6. The fourth-order valence-corrected chi connectivity index (χ4v) is 4.19. The molecule has 0 radical (unpaired) electrons. The molecule has 1 aliphatic rings. The van der Waals surface area contributed by atoms with Gasteiger partial charge in [0.05, 0.1) is 11.1 Å². The summed E-state index contributed by atoms with van der Waals surface area (Å²) in [6, 6.07) is 10.1. The van der Waals surface area contributed by atoms with Crippen molar-refractivity contribution in [3.8, 4) is 0 Å². The van der Waals surface area contributed by atoms with Crippen LogP contribution in [0.1, 0.15) is 54.2 Å². The van der Waals surface area contributed by atoms with Gasteiger partial charge in [0.2, 0.25) is 0 Å². The summed E-state index contributed by atoms with van der Waals surface area (Å²) in [7, 11) is 0. The summed E-state index contributed by atoms with van der Waals surface area (Å²) >= 11 is 1.84. The Morgan fingerprint density at radius 3 is 2.52 bits per heavy atom. The summed E-state index contributed by atoms with van der Waals surface area (Å²) in [5, 5.41) is 11.8. The van der Waals surface area contributed by atoms with Crippen LogP contribution >= 0.6 is 11.3 Å². The van der Waals surface area contributed by atoms with Crippen molar-refractivity contribution >= 4 is 11.3 Å². The molecule has 1 aliphatic heterocycles. The van der Waals surface area contributed by atoms with Crippen LogP contribution in [0.2, 0.25) is 0 Å². The van der Waals surface area contributed by atoms with Crippen molar-refractivity contribution in [2.75, 3.05) is 13.1 Å². The number of rotatable bonds is 5. The Morgan fingerprint density at radius 2 is 1.91 bits per heavy atom. The van der Waals surface area contributed by atoms with Crippen LogP contribution in [0.25, 0.3) is 0 Å². The molecule has 0 bridgehead atoms. The van der Waals surface area contributed by atoms with Gasteiger partial charge in [-0.15, -0.1) is 11.3 Å². The Labute approximate surface area is 143 Å². The number of nitrogens with zero attached hydrogens (tertiary/aromatic N) is 2. The van der Waals surface area contributed by atoms with Gasteiger partial charge in [-0.25, -0.2) is 4.98 Å². The lowest BCUT2D eigenvalue weighted by molar-refractivity contribution is 0.0570. The maximum Gasteiger partial charge on any atom is 0.0953 e. The number of benzene rings is 1. The van der Waals surface area contributed by atoms with Crippen LogP contribution in [-0.4, -0.2) is 28.1 Å². The van der Waals surface area contributed by atoms with Crippen LogP contribution in [0.15, 0.2) is 36.5 Å². The third-order valence-electron chi connectivity index (χ3n) is 4.66. The molecule has 0 aliphatic carbocycles. The molecule has 124 valence electrons. The Hall–Kier alpha value is -1.23. The highest BCUT2D eigenvalue weighted by Gasteiger charge is 2.26. The number of piperidine rings is 1. The third-order valence-corrected chi connectivity index (χ3v) is 5.95. The highest BCUT2D eigenvalue weighted by atomic mass is 32.1. The van der Waals surface area contributed by atoms with E-state index in [4.69, 9.17) is 0 Å². The number of hydrogen-bond donors (Lipinski definition) is 1. The molecule has 1 aromatic carbocycles. The molecule has 3 rings (SSSR count).